The van der Waals surface area contributed by atoms with Crippen LogP contribution in [0.2, 0.25) is 0 Å². The van der Waals surface area contributed by atoms with Gasteiger partial charge in [0.15, 0.2) is 5.17 Å². The molecule has 0 atom stereocenters. The third-order valence-corrected chi connectivity index (χ3v) is 7.80. The third kappa shape index (κ3) is 4.27. The second-order valence-corrected chi connectivity index (χ2v) is 9.89. The Morgan fingerprint density at radius 2 is 1.94 bits per heavy atom. The van der Waals surface area contributed by atoms with E-state index < -0.39 is 0 Å². The molecule has 170 valence electrons. The van der Waals surface area contributed by atoms with Crippen molar-refractivity contribution in [2.75, 3.05) is 32.8 Å². The standard InChI is InChI=1S/C26H28N4O2S/c31-25(14-23-18-33-26-27-8-10-30(23)26)29-11-12-32-24-6-5-19(13-22(24)17-29)15-28-9-7-20-3-1-2-4-21(20)16-28/h1-6,13,18H,7-12,14-17H2. The molecule has 0 saturated heterocycles. The fourth-order valence-electron chi connectivity index (χ4n) is 5.09. The lowest BCUT2D eigenvalue weighted by Gasteiger charge is -2.29. The van der Waals surface area contributed by atoms with Crippen LogP contribution in [0.1, 0.15) is 28.7 Å². The molecule has 0 N–H and O–H groups in total. The van der Waals surface area contributed by atoms with Crippen molar-refractivity contribution in [3.63, 3.8) is 0 Å². The second kappa shape index (κ2) is 8.88. The third-order valence-electron chi connectivity index (χ3n) is 6.85. The molecule has 4 heterocycles. The highest BCUT2D eigenvalue weighted by atomic mass is 32.2. The molecule has 6 rings (SSSR count). The van der Waals surface area contributed by atoms with Crippen molar-refractivity contribution in [3.05, 3.63) is 75.8 Å². The predicted molar refractivity (Wildman–Crippen MR) is 131 cm³/mol. The molecule has 0 unspecified atom stereocenters. The molecule has 2 aromatic rings. The number of benzene rings is 2. The van der Waals surface area contributed by atoms with E-state index in [1.807, 2.05) is 4.90 Å². The van der Waals surface area contributed by atoms with Crippen LogP contribution in [0.3, 0.4) is 0 Å². The van der Waals surface area contributed by atoms with Crippen LogP contribution in [0.5, 0.6) is 5.75 Å². The van der Waals surface area contributed by atoms with Gasteiger partial charge in [-0.25, -0.2) is 0 Å². The first-order valence-corrected chi connectivity index (χ1v) is 12.6. The summed E-state index contributed by atoms with van der Waals surface area (Å²) in [5, 5.41) is 3.11. The lowest BCUT2D eigenvalue weighted by atomic mass is 9.99. The fourth-order valence-corrected chi connectivity index (χ4v) is 6.04. The first-order valence-electron chi connectivity index (χ1n) is 11.7. The minimum absolute atomic E-state index is 0.157. The van der Waals surface area contributed by atoms with E-state index in [1.165, 1.54) is 16.7 Å². The molecule has 7 heteroatoms. The molecular formula is C26H28N4O2S. The second-order valence-electron chi connectivity index (χ2n) is 9.05. The Labute approximate surface area is 198 Å². The highest BCUT2D eigenvalue weighted by Crippen LogP contribution is 2.32. The van der Waals surface area contributed by atoms with Gasteiger partial charge in [0, 0.05) is 44.0 Å². The average Bonchev–Trinajstić information content (AvgIpc) is 3.38. The van der Waals surface area contributed by atoms with Crippen molar-refractivity contribution in [2.45, 2.75) is 32.5 Å². The Morgan fingerprint density at radius 3 is 2.88 bits per heavy atom. The van der Waals surface area contributed by atoms with Crippen LogP contribution in [-0.2, 0) is 30.8 Å². The Kier molecular flexibility index (Phi) is 5.60. The van der Waals surface area contributed by atoms with Crippen LogP contribution in [0.25, 0.3) is 0 Å². The molecule has 6 nitrogen and oxygen atoms in total. The first kappa shape index (κ1) is 20.8. The van der Waals surface area contributed by atoms with Gasteiger partial charge < -0.3 is 14.5 Å². The van der Waals surface area contributed by atoms with E-state index in [1.54, 1.807) is 11.8 Å². The molecule has 33 heavy (non-hydrogen) atoms. The van der Waals surface area contributed by atoms with E-state index in [4.69, 9.17) is 4.74 Å². The normalized spacial score (nSPS) is 19.8. The predicted octanol–water partition coefficient (Wildman–Crippen LogP) is 3.62. The van der Waals surface area contributed by atoms with Crippen molar-refractivity contribution < 1.29 is 9.53 Å². The number of rotatable bonds is 4. The molecule has 4 aliphatic rings. The van der Waals surface area contributed by atoms with Crippen LogP contribution in [0.4, 0.5) is 0 Å². The number of amides is 1. The van der Waals surface area contributed by atoms with Crippen LogP contribution in [0.15, 0.2) is 58.6 Å². The number of nitrogens with zero attached hydrogens (tertiary/aromatic N) is 4. The van der Waals surface area contributed by atoms with E-state index in [0.717, 1.165) is 61.3 Å². The van der Waals surface area contributed by atoms with Crippen molar-refractivity contribution in [2.24, 2.45) is 4.99 Å². The summed E-state index contributed by atoms with van der Waals surface area (Å²) in [5.74, 6) is 1.06. The van der Waals surface area contributed by atoms with Gasteiger partial charge in [-0.2, -0.15) is 0 Å². The first-order chi connectivity index (χ1) is 16.2. The summed E-state index contributed by atoms with van der Waals surface area (Å²) in [5.41, 5.74) is 6.36. The number of hydrogen-bond acceptors (Lipinski definition) is 6. The highest BCUT2D eigenvalue weighted by molar-refractivity contribution is 8.16. The minimum atomic E-state index is 0.157. The quantitative estimate of drug-likeness (QED) is 0.698. The fraction of sp³-hybridized carbons (Fsp3) is 0.385. The van der Waals surface area contributed by atoms with E-state index in [-0.39, 0.29) is 5.91 Å². The van der Waals surface area contributed by atoms with Crippen LogP contribution >= 0.6 is 11.8 Å². The summed E-state index contributed by atoms with van der Waals surface area (Å²) in [4.78, 5) is 24.3. The number of amidine groups is 1. The molecule has 0 radical (unpaired) electrons. The summed E-state index contributed by atoms with van der Waals surface area (Å²) in [7, 11) is 0. The molecule has 0 fully saturated rings. The van der Waals surface area contributed by atoms with Gasteiger partial charge in [0.1, 0.15) is 12.4 Å². The number of fused-ring (bicyclic) bond motifs is 3. The summed E-state index contributed by atoms with van der Waals surface area (Å²) in [6, 6.07) is 15.2. The molecule has 0 spiro atoms. The summed E-state index contributed by atoms with van der Waals surface area (Å²) < 4.78 is 6.00. The zero-order valence-corrected chi connectivity index (χ0v) is 19.5. The number of hydrogen-bond donors (Lipinski definition) is 0. The zero-order chi connectivity index (χ0) is 22.2. The summed E-state index contributed by atoms with van der Waals surface area (Å²) >= 11 is 1.63. The maximum Gasteiger partial charge on any atom is 0.228 e. The summed E-state index contributed by atoms with van der Waals surface area (Å²) in [6.45, 7) is 6.44. The zero-order valence-electron chi connectivity index (χ0n) is 18.7. The molecule has 2 aromatic carbocycles. The van der Waals surface area contributed by atoms with Gasteiger partial charge in [-0.15, -0.1) is 0 Å². The number of ether oxygens (including phenoxy) is 1. The van der Waals surface area contributed by atoms with Gasteiger partial charge >= 0.3 is 0 Å². The Hall–Kier alpha value is -2.77. The highest BCUT2D eigenvalue weighted by Gasteiger charge is 2.29. The van der Waals surface area contributed by atoms with Crippen molar-refractivity contribution in [1.82, 2.24) is 14.7 Å². The number of aliphatic imine (C=N–C) groups is 1. The van der Waals surface area contributed by atoms with E-state index in [2.05, 4.69) is 62.7 Å². The van der Waals surface area contributed by atoms with Crippen molar-refractivity contribution in [3.8, 4) is 5.75 Å². The SMILES string of the molecule is O=C(CC1=CSC2=NCCN12)N1CCOc2ccc(CN3CCc4ccccc4C3)cc2C1. The largest absolute Gasteiger partial charge is 0.491 e. The topological polar surface area (TPSA) is 48.4 Å². The molecule has 0 aliphatic carbocycles. The Bertz CT molecular complexity index is 1140. The van der Waals surface area contributed by atoms with Crippen molar-refractivity contribution in [1.29, 1.82) is 0 Å². The maximum atomic E-state index is 13.2. The molecule has 0 saturated carbocycles. The molecule has 1 amide bonds. The molecule has 4 aliphatic heterocycles. The van der Waals surface area contributed by atoms with Crippen LogP contribution < -0.4 is 4.74 Å². The monoisotopic (exact) mass is 460 g/mol. The van der Waals surface area contributed by atoms with Gasteiger partial charge in [0.2, 0.25) is 5.91 Å². The minimum Gasteiger partial charge on any atom is -0.491 e. The average molecular weight is 461 g/mol. The molecule has 0 bridgehead atoms. The molecule has 0 aromatic heterocycles. The van der Waals surface area contributed by atoms with Gasteiger partial charge in [-0.1, -0.05) is 42.1 Å². The smallest absolute Gasteiger partial charge is 0.228 e. The number of carbonyl (C=O) groups excluding carboxylic acids is 1. The number of carbonyl (C=O) groups is 1. The van der Waals surface area contributed by atoms with E-state index in [0.29, 0.717) is 26.1 Å². The van der Waals surface area contributed by atoms with Gasteiger partial charge in [0.05, 0.1) is 19.5 Å². The van der Waals surface area contributed by atoms with Gasteiger partial charge in [0.25, 0.3) is 0 Å². The lowest BCUT2D eigenvalue weighted by Crippen LogP contribution is -2.34. The maximum absolute atomic E-state index is 13.2. The van der Waals surface area contributed by atoms with E-state index >= 15 is 0 Å². The van der Waals surface area contributed by atoms with Crippen molar-refractivity contribution >= 4 is 22.8 Å². The van der Waals surface area contributed by atoms with Crippen LogP contribution in [0, 0.1) is 0 Å². The van der Waals surface area contributed by atoms with E-state index in [9.17, 15) is 4.79 Å². The lowest BCUT2D eigenvalue weighted by molar-refractivity contribution is -0.131. The Morgan fingerprint density at radius 1 is 1.03 bits per heavy atom. The van der Waals surface area contributed by atoms with Gasteiger partial charge in [-0.05, 0) is 40.7 Å². The van der Waals surface area contributed by atoms with Crippen LogP contribution in [-0.4, -0.2) is 58.6 Å². The molecular weight excluding hydrogens is 432 g/mol. The Balaban J connectivity index is 1.13. The van der Waals surface area contributed by atoms with Gasteiger partial charge in [-0.3, -0.25) is 14.7 Å². The summed E-state index contributed by atoms with van der Waals surface area (Å²) in [6.07, 6.45) is 1.53. The number of thioether (sulfide) groups is 1.